The van der Waals surface area contributed by atoms with Gasteiger partial charge in [-0.3, -0.25) is 9.59 Å². The van der Waals surface area contributed by atoms with Crippen LogP contribution in [0, 0.1) is 12.7 Å². The van der Waals surface area contributed by atoms with E-state index in [1.165, 1.54) is 60.4 Å². The van der Waals surface area contributed by atoms with Crippen LogP contribution in [0.15, 0.2) is 52.3 Å². The average Bonchev–Trinajstić information content (AvgIpc) is 3.32. The SMILES string of the molecule is Cc1[nH]c(C=C2C(=O)Nc3ccc(F)cc32)c(CCC(=O)N(C)C)c1S(=O)(=O)c1ccccc1C(=O)O. The molecule has 11 heteroatoms. The number of aromatic nitrogens is 1. The fourth-order valence-corrected chi connectivity index (χ4v) is 6.22. The number of hydrogen-bond donors (Lipinski definition) is 3. The molecule has 0 aliphatic carbocycles. The number of carboxylic acids is 1. The predicted molar refractivity (Wildman–Crippen MR) is 134 cm³/mol. The van der Waals surface area contributed by atoms with Crippen LogP contribution in [0.3, 0.4) is 0 Å². The van der Waals surface area contributed by atoms with Gasteiger partial charge in [-0.1, -0.05) is 12.1 Å². The van der Waals surface area contributed by atoms with Crippen molar-refractivity contribution in [1.82, 2.24) is 9.88 Å². The lowest BCUT2D eigenvalue weighted by atomic mass is 10.0. The third-order valence-electron chi connectivity index (χ3n) is 6.08. The largest absolute Gasteiger partial charge is 0.478 e. The topological polar surface area (TPSA) is 137 Å². The number of halogens is 1. The molecule has 0 unspecified atom stereocenters. The Bertz CT molecular complexity index is 1590. The van der Waals surface area contributed by atoms with Crippen molar-refractivity contribution in [3.63, 3.8) is 0 Å². The van der Waals surface area contributed by atoms with Gasteiger partial charge in [0.15, 0.2) is 0 Å². The maximum atomic E-state index is 13.9. The molecule has 0 atom stereocenters. The third kappa shape index (κ3) is 4.77. The van der Waals surface area contributed by atoms with Crippen molar-refractivity contribution >= 4 is 45.0 Å². The summed E-state index contributed by atoms with van der Waals surface area (Å²) in [6.45, 7) is 1.51. The Hall–Kier alpha value is -4.25. The van der Waals surface area contributed by atoms with Crippen molar-refractivity contribution in [2.75, 3.05) is 19.4 Å². The molecule has 3 aromatic rings. The van der Waals surface area contributed by atoms with E-state index in [2.05, 4.69) is 10.3 Å². The zero-order valence-electron chi connectivity index (χ0n) is 20.3. The molecule has 0 spiro atoms. The van der Waals surface area contributed by atoms with E-state index in [1.807, 2.05) is 0 Å². The number of carbonyl (C=O) groups is 3. The number of nitrogens with one attached hydrogen (secondary N) is 2. The molecule has 0 radical (unpaired) electrons. The first-order chi connectivity index (χ1) is 17.4. The van der Waals surface area contributed by atoms with Crippen LogP contribution in [-0.4, -0.2) is 55.3 Å². The Labute approximate surface area is 212 Å². The number of carbonyl (C=O) groups excluding carboxylic acids is 2. The quantitative estimate of drug-likeness (QED) is 0.404. The standard InChI is InChI=1S/C26H24FN3O6S/c1-14-24(37(35,36)22-7-5-4-6-17(22)26(33)34)16(9-11-23(31)30(2)3)21(28-14)13-19-18-12-15(27)8-10-20(18)29-25(19)32/h4-8,10,12-13,28H,9,11H2,1-3H3,(H,29,32)(H,33,34). The van der Waals surface area contributed by atoms with Crippen LogP contribution in [0.4, 0.5) is 10.1 Å². The number of anilines is 1. The van der Waals surface area contributed by atoms with Gasteiger partial charge in [0.2, 0.25) is 15.7 Å². The molecule has 0 fully saturated rings. The number of aromatic amines is 1. The summed E-state index contributed by atoms with van der Waals surface area (Å²) in [6, 6.07) is 9.10. The lowest BCUT2D eigenvalue weighted by molar-refractivity contribution is -0.128. The summed E-state index contributed by atoms with van der Waals surface area (Å²) in [5.41, 5.74) is 1.12. The maximum Gasteiger partial charge on any atom is 0.337 e. The van der Waals surface area contributed by atoms with E-state index < -0.39 is 38.0 Å². The zero-order chi connectivity index (χ0) is 27.1. The van der Waals surface area contributed by atoms with Crippen LogP contribution in [0.25, 0.3) is 11.6 Å². The van der Waals surface area contributed by atoms with Crippen LogP contribution in [0.1, 0.15) is 39.3 Å². The Kier molecular flexibility index (Phi) is 6.74. The molecule has 1 aromatic heterocycles. The number of benzene rings is 2. The lowest BCUT2D eigenvalue weighted by Gasteiger charge is -2.13. The van der Waals surface area contributed by atoms with E-state index in [1.54, 1.807) is 14.1 Å². The van der Waals surface area contributed by atoms with Gasteiger partial charge in [-0.25, -0.2) is 17.6 Å². The third-order valence-corrected chi connectivity index (χ3v) is 8.10. The van der Waals surface area contributed by atoms with Crippen LogP contribution >= 0.6 is 0 Å². The highest BCUT2D eigenvalue weighted by atomic mass is 32.2. The second kappa shape index (κ2) is 9.66. The van der Waals surface area contributed by atoms with Crippen LogP contribution in [-0.2, 0) is 25.8 Å². The highest BCUT2D eigenvalue weighted by molar-refractivity contribution is 7.91. The lowest BCUT2D eigenvalue weighted by Crippen LogP contribution is -2.22. The highest BCUT2D eigenvalue weighted by Gasteiger charge is 2.32. The number of aryl methyl sites for hydroxylation is 1. The van der Waals surface area contributed by atoms with Gasteiger partial charge < -0.3 is 20.3 Å². The van der Waals surface area contributed by atoms with Crippen LogP contribution in [0.5, 0.6) is 0 Å². The van der Waals surface area contributed by atoms with E-state index >= 15 is 0 Å². The zero-order valence-corrected chi connectivity index (χ0v) is 21.1. The molecule has 37 heavy (non-hydrogen) atoms. The molecule has 2 heterocycles. The summed E-state index contributed by atoms with van der Waals surface area (Å²) >= 11 is 0. The maximum absolute atomic E-state index is 13.9. The van der Waals surface area contributed by atoms with Gasteiger partial charge in [-0.15, -0.1) is 0 Å². The number of sulfone groups is 1. The van der Waals surface area contributed by atoms with Crippen LogP contribution in [0.2, 0.25) is 0 Å². The van der Waals surface area contributed by atoms with E-state index in [4.69, 9.17) is 0 Å². The first-order valence-electron chi connectivity index (χ1n) is 11.2. The second-order valence-electron chi connectivity index (χ2n) is 8.77. The monoisotopic (exact) mass is 525 g/mol. The summed E-state index contributed by atoms with van der Waals surface area (Å²) in [5, 5.41) is 12.2. The number of carboxylic acid groups (broad SMARTS) is 1. The fourth-order valence-electron chi connectivity index (χ4n) is 4.31. The van der Waals surface area contributed by atoms with Crippen molar-refractivity contribution < 1.29 is 32.3 Å². The summed E-state index contributed by atoms with van der Waals surface area (Å²) in [7, 11) is -1.22. The average molecular weight is 526 g/mol. The molecule has 1 aliphatic rings. The van der Waals surface area contributed by atoms with Gasteiger partial charge in [0.25, 0.3) is 5.91 Å². The van der Waals surface area contributed by atoms with E-state index in [0.29, 0.717) is 11.3 Å². The molecular weight excluding hydrogens is 501 g/mol. The Morgan fingerprint density at radius 1 is 1.14 bits per heavy atom. The normalized spacial score (nSPS) is 13.9. The Morgan fingerprint density at radius 3 is 2.51 bits per heavy atom. The molecule has 3 N–H and O–H groups in total. The van der Waals surface area contributed by atoms with E-state index in [0.717, 1.165) is 0 Å². The van der Waals surface area contributed by atoms with Crippen LogP contribution < -0.4 is 5.32 Å². The summed E-state index contributed by atoms with van der Waals surface area (Å²) in [6.07, 6.45) is 1.37. The minimum atomic E-state index is -4.36. The number of amides is 2. The van der Waals surface area contributed by atoms with Gasteiger partial charge in [0.1, 0.15) is 5.82 Å². The minimum absolute atomic E-state index is 0.0120. The molecule has 4 rings (SSSR count). The first-order valence-corrected chi connectivity index (χ1v) is 12.7. The fraction of sp³-hybridized carbons (Fsp3) is 0.192. The molecule has 0 saturated carbocycles. The van der Waals surface area contributed by atoms with Crippen molar-refractivity contribution in [2.45, 2.75) is 29.6 Å². The molecule has 0 saturated heterocycles. The van der Waals surface area contributed by atoms with Crippen molar-refractivity contribution in [3.05, 3.63) is 76.4 Å². The van der Waals surface area contributed by atoms with Gasteiger partial charge in [0.05, 0.1) is 20.9 Å². The van der Waals surface area contributed by atoms with Gasteiger partial charge in [0, 0.05) is 43.2 Å². The Balaban J connectivity index is 1.93. The molecule has 192 valence electrons. The summed E-state index contributed by atoms with van der Waals surface area (Å²) < 4.78 is 41.6. The highest BCUT2D eigenvalue weighted by Crippen LogP contribution is 2.37. The molecular formula is C26H24FN3O6S. The van der Waals surface area contributed by atoms with Gasteiger partial charge in [-0.2, -0.15) is 0 Å². The van der Waals surface area contributed by atoms with E-state index in [9.17, 15) is 32.3 Å². The van der Waals surface area contributed by atoms with Crippen molar-refractivity contribution in [1.29, 1.82) is 0 Å². The molecule has 9 nitrogen and oxygen atoms in total. The van der Waals surface area contributed by atoms with Crippen molar-refractivity contribution in [2.24, 2.45) is 0 Å². The first kappa shape index (κ1) is 25.8. The predicted octanol–water partition coefficient (Wildman–Crippen LogP) is 3.51. The number of rotatable bonds is 7. The second-order valence-corrected chi connectivity index (χ2v) is 10.6. The number of aromatic carboxylic acids is 1. The van der Waals surface area contributed by atoms with Gasteiger partial charge >= 0.3 is 5.97 Å². The number of H-pyrrole nitrogens is 1. The van der Waals surface area contributed by atoms with Gasteiger partial charge in [-0.05, 0) is 55.3 Å². The molecule has 2 amide bonds. The summed E-state index contributed by atoms with van der Waals surface area (Å²) in [5.74, 6) is -2.70. The van der Waals surface area contributed by atoms with E-state index in [-0.39, 0.29) is 46.2 Å². The summed E-state index contributed by atoms with van der Waals surface area (Å²) in [4.78, 5) is 40.6. The molecule has 0 bridgehead atoms. The van der Waals surface area contributed by atoms with Crippen molar-refractivity contribution in [3.8, 4) is 0 Å². The molecule has 2 aromatic carbocycles. The minimum Gasteiger partial charge on any atom is -0.478 e. The number of fused-ring (bicyclic) bond motifs is 1. The number of nitrogens with zero attached hydrogens (tertiary/aromatic N) is 1. The number of hydrogen-bond acceptors (Lipinski definition) is 5. The smallest absolute Gasteiger partial charge is 0.337 e. The molecule has 1 aliphatic heterocycles. The Morgan fingerprint density at radius 2 is 1.84 bits per heavy atom.